The highest BCUT2D eigenvalue weighted by Crippen LogP contribution is 2.19. The topological polar surface area (TPSA) is 44.4 Å². The van der Waals surface area contributed by atoms with Gasteiger partial charge in [0.15, 0.2) is 0 Å². The zero-order valence-corrected chi connectivity index (χ0v) is 11.7. The van der Waals surface area contributed by atoms with Crippen LogP contribution >= 0.6 is 0 Å². The summed E-state index contributed by atoms with van der Waals surface area (Å²) in [5.74, 6) is -1.69. The first-order valence-corrected chi connectivity index (χ1v) is 6.63. The summed E-state index contributed by atoms with van der Waals surface area (Å²) in [5, 5.41) is 5.80. The molecule has 2 N–H and O–H groups in total. The van der Waals surface area contributed by atoms with Gasteiger partial charge in [0.25, 0.3) is 0 Å². The number of rotatable bonds is 3. The SMILES string of the molecule is CC(C)(C(=O)Nc1cc(F)cc(F)c1)N1CCNCC1. The smallest absolute Gasteiger partial charge is 0.244 e. The van der Waals surface area contributed by atoms with Crippen LogP contribution in [0.15, 0.2) is 18.2 Å². The van der Waals surface area contributed by atoms with Gasteiger partial charge >= 0.3 is 0 Å². The van der Waals surface area contributed by atoms with Crippen LogP contribution in [0.1, 0.15) is 13.8 Å². The van der Waals surface area contributed by atoms with Crippen molar-refractivity contribution in [2.24, 2.45) is 0 Å². The van der Waals surface area contributed by atoms with E-state index in [4.69, 9.17) is 0 Å². The van der Waals surface area contributed by atoms with Crippen LogP contribution in [0, 0.1) is 11.6 Å². The predicted molar refractivity (Wildman–Crippen MR) is 73.5 cm³/mol. The van der Waals surface area contributed by atoms with Gasteiger partial charge in [0.1, 0.15) is 11.6 Å². The third-order valence-corrected chi connectivity index (χ3v) is 3.58. The lowest BCUT2D eigenvalue weighted by Gasteiger charge is -2.39. The van der Waals surface area contributed by atoms with Crippen LogP contribution in [0.4, 0.5) is 14.5 Å². The molecule has 1 aromatic rings. The molecule has 0 saturated carbocycles. The molecule has 1 fully saturated rings. The lowest BCUT2D eigenvalue weighted by Crippen LogP contribution is -2.58. The molecule has 0 unspecified atom stereocenters. The number of hydrogen-bond donors (Lipinski definition) is 2. The highest BCUT2D eigenvalue weighted by atomic mass is 19.1. The van der Waals surface area contributed by atoms with Crippen molar-refractivity contribution in [3.8, 4) is 0 Å². The number of benzene rings is 1. The molecule has 2 rings (SSSR count). The minimum Gasteiger partial charge on any atom is -0.324 e. The fourth-order valence-electron chi connectivity index (χ4n) is 2.28. The van der Waals surface area contributed by atoms with Crippen molar-refractivity contribution in [1.29, 1.82) is 0 Å². The Hall–Kier alpha value is -1.53. The van der Waals surface area contributed by atoms with E-state index in [0.29, 0.717) is 0 Å². The van der Waals surface area contributed by atoms with Gasteiger partial charge < -0.3 is 10.6 Å². The van der Waals surface area contributed by atoms with E-state index in [1.807, 2.05) is 13.8 Å². The van der Waals surface area contributed by atoms with E-state index in [1.165, 1.54) is 0 Å². The van der Waals surface area contributed by atoms with Crippen LogP contribution in [0.2, 0.25) is 0 Å². The monoisotopic (exact) mass is 283 g/mol. The van der Waals surface area contributed by atoms with Crippen molar-refractivity contribution in [2.45, 2.75) is 19.4 Å². The molecule has 0 aliphatic carbocycles. The van der Waals surface area contributed by atoms with E-state index in [9.17, 15) is 13.6 Å². The molecular formula is C14H19F2N3O. The Morgan fingerprint density at radius 2 is 1.75 bits per heavy atom. The number of hydrogen-bond acceptors (Lipinski definition) is 3. The van der Waals surface area contributed by atoms with Crippen molar-refractivity contribution in [1.82, 2.24) is 10.2 Å². The molecule has 1 aliphatic heterocycles. The number of anilines is 1. The second-order valence-corrected chi connectivity index (χ2v) is 5.41. The van der Waals surface area contributed by atoms with Crippen LogP contribution in [0.25, 0.3) is 0 Å². The number of piperazine rings is 1. The van der Waals surface area contributed by atoms with Gasteiger partial charge in [-0.25, -0.2) is 8.78 Å². The highest BCUT2D eigenvalue weighted by Gasteiger charge is 2.35. The highest BCUT2D eigenvalue weighted by molar-refractivity contribution is 5.97. The summed E-state index contributed by atoms with van der Waals surface area (Å²) in [6, 6.07) is 2.99. The van der Waals surface area contributed by atoms with Crippen molar-refractivity contribution in [3.05, 3.63) is 29.8 Å². The minimum absolute atomic E-state index is 0.135. The maximum absolute atomic E-state index is 13.1. The Kier molecular flexibility index (Phi) is 4.35. The third-order valence-electron chi connectivity index (χ3n) is 3.58. The summed E-state index contributed by atoms with van der Waals surface area (Å²) in [6.45, 7) is 6.79. The molecule has 0 radical (unpaired) electrons. The molecule has 6 heteroatoms. The molecule has 1 heterocycles. The first-order valence-electron chi connectivity index (χ1n) is 6.63. The van der Waals surface area contributed by atoms with Crippen molar-refractivity contribution in [2.75, 3.05) is 31.5 Å². The van der Waals surface area contributed by atoms with Gasteiger partial charge in [0.2, 0.25) is 5.91 Å². The Balaban J connectivity index is 2.09. The van der Waals surface area contributed by atoms with Crippen LogP contribution in [0.5, 0.6) is 0 Å². The lowest BCUT2D eigenvalue weighted by molar-refractivity contribution is -0.126. The van der Waals surface area contributed by atoms with E-state index in [2.05, 4.69) is 15.5 Å². The van der Waals surface area contributed by atoms with Crippen molar-refractivity contribution >= 4 is 11.6 Å². The first kappa shape index (κ1) is 14.9. The molecule has 0 spiro atoms. The predicted octanol–water partition coefficient (Wildman–Crippen LogP) is 1.59. The lowest BCUT2D eigenvalue weighted by atomic mass is 10.0. The summed E-state index contributed by atoms with van der Waals surface area (Å²) in [4.78, 5) is 14.4. The second kappa shape index (κ2) is 5.85. The summed E-state index contributed by atoms with van der Waals surface area (Å²) < 4.78 is 26.2. The van der Waals surface area contributed by atoms with E-state index in [0.717, 1.165) is 44.4 Å². The van der Waals surface area contributed by atoms with Gasteiger partial charge in [-0.2, -0.15) is 0 Å². The van der Waals surface area contributed by atoms with Crippen LogP contribution in [-0.2, 0) is 4.79 Å². The van der Waals surface area contributed by atoms with Gasteiger partial charge in [-0.05, 0) is 26.0 Å². The van der Waals surface area contributed by atoms with Gasteiger partial charge in [0, 0.05) is 37.9 Å². The maximum atomic E-state index is 13.1. The number of halogens is 2. The van der Waals surface area contributed by atoms with Crippen LogP contribution in [0.3, 0.4) is 0 Å². The maximum Gasteiger partial charge on any atom is 0.244 e. The zero-order valence-electron chi connectivity index (χ0n) is 11.7. The van der Waals surface area contributed by atoms with Gasteiger partial charge in [-0.1, -0.05) is 0 Å². The zero-order chi connectivity index (χ0) is 14.8. The Morgan fingerprint density at radius 1 is 1.20 bits per heavy atom. The van der Waals surface area contributed by atoms with E-state index in [-0.39, 0.29) is 11.6 Å². The molecule has 4 nitrogen and oxygen atoms in total. The molecular weight excluding hydrogens is 264 g/mol. The molecule has 1 saturated heterocycles. The Bertz CT molecular complexity index is 479. The van der Waals surface area contributed by atoms with Crippen molar-refractivity contribution < 1.29 is 13.6 Å². The average Bonchev–Trinajstić information content (AvgIpc) is 2.38. The summed E-state index contributed by atoms with van der Waals surface area (Å²) in [7, 11) is 0. The number of amides is 1. The molecule has 20 heavy (non-hydrogen) atoms. The first-order chi connectivity index (χ1) is 9.39. The largest absolute Gasteiger partial charge is 0.324 e. The quantitative estimate of drug-likeness (QED) is 0.885. The summed E-state index contributed by atoms with van der Waals surface area (Å²) in [5.41, 5.74) is -0.596. The minimum atomic E-state index is -0.731. The van der Waals surface area contributed by atoms with E-state index < -0.39 is 17.2 Å². The van der Waals surface area contributed by atoms with Gasteiger partial charge in [0.05, 0.1) is 5.54 Å². The molecule has 110 valence electrons. The van der Waals surface area contributed by atoms with Gasteiger partial charge in [-0.3, -0.25) is 9.69 Å². The Morgan fingerprint density at radius 3 is 2.30 bits per heavy atom. The molecule has 1 aliphatic rings. The standard InChI is InChI=1S/C14H19F2N3O/c1-14(2,19-5-3-17-4-6-19)13(20)18-12-8-10(15)7-11(16)9-12/h7-9,17H,3-6H2,1-2H3,(H,18,20). The normalized spacial score (nSPS) is 17.0. The van der Waals surface area contributed by atoms with Crippen LogP contribution in [-0.4, -0.2) is 42.5 Å². The fraction of sp³-hybridized carbons (Fsp3) is 0.500. The average molecular weight is 283 g/mol. The molecule has 0 aromatic heterocycles. The summed E-state index contributed by atoms with van der Waals surface area (Å²) in [6.07, 6.45) is 0. The molecule has 0 atom stereocenters. The van der Waals surface area contributed by atoms with Gasteiger partial charge in [-0.15, -0.1) is 0 Å². The second-order valence-electron chi connectivity index (χ2n) is 5.41. The fourth-order valence-corrected chi connectivity index (χ4v) is 2.28. The third kappa shape index (κ3) is 3.32. The molecule has 1 amide bonds. The molecule has 0 bridgehead atoms. The van der Waals surface area contributed by atoms with Crippen LogP contribution < -0.4 is 10.6 Å². The Labute approximate surface area is 117 Å². The number of carbonyl (C=O) groups is 1. The van der Waals surface area contributed by atoms with E-state index in [1.54, 1.807) is 0 Å². The van der Waals surface area contributed by atoms with E-state index >= 15 is 0 Å². The number of nitrogens with zero attached hydrogens (tertiary/aromatic N) is 1. The number of nitrogens with one attached hydrogen (secondary N) is 2. The number of carbonyl (C=O) groups excluding carboxylic acids is 1. The summed E-state index contributed by atoms with van der Waals surface area (Å²) >= 11 is 0. The van der Waals surface area contributed by atoms with Crippen molar-refractivity contribution in [3.63, 3.8) is 0 Å². The molecule has 1 aromatic carbocycles.